The van der Waals surface area contributed by atoms with Crippen LogP contribution in [0.4, 0.5) is 8.78 Å². The lowest BCUT2D eigenvalue weighted by molar-refractivity contribution is -0.133. The Kier molecular flexibility index (Phi) is 4.88. The fraction of sp³-hybridized carbons (Fsp3) is 0.433. The molecular formula is C30H28F2N4O3. The molecule has 4 aliphatic rings. The molecule has 7 rings (SSSR count). The minimum absolute atomic E-state index is 0.0165. The smallest absolute Gasteiger partial charge is 0.387 e. The quantitative estimate of drug-likeness (QED) is 0.456. The molecule has 1 unspecified atom stereocenters. The molecule has 2 amide bonds. The number of aromatic nitrogens is 2. The Morgan fingerprint density at radius 3 is 2.87 bits per heavy atom. The number of hydrogen-bond acceptors (Lipinski definition) is 4. The van der Waals surface area contributed by atoms with Gasteiger partial charge in [-0.3, -0.25) is 9.59 Å². The Morgan fingerprint density at radius 2 is 2.08 bits per heavy atom. The minimum Gasteiger partial charge on any atom is -0.434 e. The first-order chi connectivity index (χ1) is 20.1. The Balaban J connectivity index is 1.30. The molecule has 2 aromatic carbocycles. The van der Waals surface area contributed by atoms with Crippen molar-refractivity contribution >= 4 is 22.8 Å². The van der Waals surface area contributed by atoms with E-state index in [4.69, 9.17) is 13.8 Å². The zero-order valence-electron chi connectivity index (χ0n) is 24.1. The number of imidazole rings is 1. The summed E-state index contributed by atoms with van der Waals surface area (Å²) in [5.74, 6) is 6.51. The maximum atomic E-state index is 13.6. The lowest BCUT2D eigenvalue weighted by atomic mass is 9.97. The van der Waals surface area contributed by atoms with E-state index in [9.17, 15) is 18.4 Å². The van der Waals surface area contributed by atoms with Crippen molar-refractivity contribution in [1.82, 2.24) is 19.4 Å². The van der Waals surface area contributed by atoms with E-state index in [1.807, 2.05) is 21.6 Å². The van der Waals surface area contributed by atoms with E-state index in [1.54, 1.807) is 6.07 Å². The molecule has 9 heteroatoms. The zero-order chi connectivity index (χ0) is 29.3. The van der Waals surface area contributed by atoms with Gasteiger partial charge in [-0.25, -0.2) is 4.98 Å². The highest BCUT2D eigenvalue weighted by molar-refractivity contribution is 5.98. The van der Waals surface area contributed by atoms with Crippen LogP contribution in [0.1, 0.15) is 75.6 Å². The molecule has 3 aliphatic heterocycles. The van der Waals surface area contributed by atoms with Gasteiger partial charge in [-0.2, -0.15) is 8.78 Å². The van der Waals surface area contributed by atoms with Gasteiger partial charge in [-0.1, -0.05) is 17.9 Å². The predicted octanol–water partition coefficient (Wildman–Crippen LogP) is 4.76. The average Bonchev–Trinajstić information content (AvgIpc) is 3.67. The summed E-state index contributed by atoms with van der Waals surface area (Å²) < 4.78 is 58.0. The van der Waals surface area contributed by atoms with Gasteiger partial charge in [-0.15, -0.1) is 0 Å². The number of carbonyl (C=O) groups is 2. The van der Waals surface area contributed by atoms with Gasteiger partial charge in [0.15, 0.2) is 0 Å². The summed E-state index contributed by atoms with van der Waals surface area (Å²) in [7, 11) is 0. The highest BCUT2D eigenvalue weighted by Gasteiger charge is 2.45. The molecule has 39 heavy (non-hydrogen) atoms. The van der Waals surface area contributed by atoms with E-state index in [2.05, 4.69) is 11.8 Å². The Hall–Kier alpha value is -3.93. The number of alkyl halides is 2. The molecular weight excluding hydrogens is 502 g/mol. The van der Waals surface area contributed by atoms with E-state index < -0.39 is 31.6 Å². The van der Waals surface area contributed by atoms with Crippen LogP contribution in [0.5, 0.6) is 5.75 Å². The van der Waals surface area contributed by atoms with Crippen LogP contribution in [0.2, 0.25) is 0 Å². The van der Waals surface area contributed by atoms with Gasteiger partial charge in [0.05, 0.1) is 23.1 Å². The molecule has 200 valence electrons. The van der Waals surface area contributed by atoms with Gasteiger partial charge in [0.25, 0.3) is 5.91 Å². The van der Waals surface area contributed by atoms with Crippen molar-refractivity contribution in [2.24, 2.45) is 11.8 Å². The largest absolute Gasteiger partial charge is 0.434 e. The van der Waals surface area contributed by atoms with Crippen molar-refractivity contribution in [3.05, 3.63) is 58.9 Å². The van der Waals surface area contributed by atoms with Crippen LogP contribution in [-0.2, 0) is 4.79 Å². The number of carbonyl (C=O) groups excluding carboxylic acids is 2. The van der Waals surface area contributed by atoms with Gasteiger partial charge in [0, 0.05) is 59.1 Å². The van der Waals surface area contributed by atoms with Crippen LogP contribution in [0, 0.1) is 23.7 Å². The minimum atomic E-state index is -3.12. The van der Waals surface area contributed by atoms with Crippen LogP contribution >= 0.6 is 0 Å². The van der Waals surface area contributed by atoms with E-state index in [-0.39, 0.29) is 41.0 Å². The predicted molar refractivity (Wildman–Crippen MR) is 139 cm³/mol. The third-order valence-electron chi connectivity index (χ3n) is 8.23. The van der Waals surface area contributed by atoms with Crippen molar-refractivity contribution in [3.63, 3.8) is 0 Å². The fourth-order valence-corrected chi connectivity index (χ4v) is 6.26. The van der Waals surface area contributed by atoms with Crippen molar-refractivity contribution in [1.29, 1.82) is 0 Å². The van der Waals surface area contributed by atoms with Crippen molar-refractivity contribution in [2.75, 3.05) is 20.1 Å². The van der Waals surface area contributed by atoms with E-state index in [0.29, 0.717) is 23.4 Å². The third kappa shape index (κ3) is 4.05. The Bertz CT molecular complexity index is 1670. The molecule has 1 aromatic heterocycles. The first kappa shape index (κ1) is 21.0. The molecule has 0 N–H and O–H groups in total. The van der Waals surface area contributed by atoms with Crippen molar-refractivity contribution in [2.45, 2.75) is 50.8 Å². The van der Waals surface area contributed by atoms with E-state index in [0.717, 1.165) is 42.7 Å². The SMILES string of the molecule is [2H]C([2H])([2H])N1C(=O)c2cccc(OC(F)F)c2[C@H]2C[C@@H]1c1nc3ccc(C#CC4CCCN(C(=O)C5CC5)C4)cc3n12. The summed E-state index contributed by atoms with van der Waals surface area (Å²) in [6.45, 7) is -4.51. The Morgan fingerprint density at radius 1 is 1.21 bits per heavy atom. The molecule has 1 saturated heterocycles. The van der Waals surface area contributed by atoms with Crippen molar-refractivity contribution in [3.8, 4) is 17.6 Å². The number of fused-ring (bicyclic) bond motifs is 9. The number of halogens is 2. The number of rotatable bonds is 3. The molecule has 2 fully saturated rings. The van der Waals surface area contributed by atoms with Gasteiger partial charge >= 0.3 is 6.61 Å². The molecule has 1 saturated carbocycles. The topological polar surface area (TPSA) is 67.7 Å². The monoisotopic (exact) mass is 533 g/mol. The summed E-state index contributed by atoms with van der Waals surface area (Å²) in [5.41, 5.74) is 2.20. The Labute approximate surface area is 228 Å². The number of nitrogens with zero attached hydrogens (tertiary/aromatic N) is 4. The number of ether oxygens (including phenoxy) is 1. The second-order valence-electron chi connectivity index (χ2n) is 10.7. The molecule has 1 aliphatic carbocycles. The fourth-order valence-electron chi connectivity index (χ4n) is 6.26. The van der Waals surface area contributed by atoms with Crippen LogP contribution in [0.3, 0.4) is 0 Å². The van der Waals surface area contributed by atoms with Gasteiger partial charge < -0.3 is 19.1 Å². The summed E-state index contributed by atoms with van der Waals surface area (Å²) >= 11 is 0. The lowest BCUT2D eigenvalue weighted by Gasteiger charge is -2.30. The van der Waals surface area contributed by atoms with Crippen LogP contribution in [-0.4, -0.2) is 57.8 Å². The number of piperidine rings is 1. The maximum Gasteiger partial charge on any atom is 0.387 e. The molecule has 3 aromatic rings. The second kappa shape index (κ2) is 9.08. The third-order valence-corrected chi connectivity index (χ3v) is 8.23. The highest BCUT2D eigenvalue weighted by Crippen LogP contribution is 2.50. The normalized spacial score (nSPS) is 25.3. The molecule has 4 heterocycles. The number of benzene rings is 2. The zero-order valence-corrected chi connectivity index (χ0v) is 21.1. The molecule has 0 spiro atoms. The first-order valence-electron chi connectivity index (χ1n) is 14.8. The number of amides is 2. The van der Waals surface area contributed by atoms with Crippen molar-refractivity contribution < 1.29 is 27.2 Å². The van der Waals surface area contributed by atoms with Crippen LogP contribution < -0.4 is 4.74 Å². The molecule has 3 atom stereocenters. The maximum absolute atomic E-state index is 13.6. The average molecular weight is 534 g/mol. The van der Waals surface area contributed by atoms with E-state index >= 15 is 0 Å². The van der Waals surface area contributed by atoms with Gasteiger partial charge in [-0.05, 0) is 56.0 Å². The van der Waals surface area contributed by atoms with E-state index in [1.165, 1.54) is 18.2 Å². The lowest BCUT2D eigenvalue weighted by Crippen LogP contribution is -2.40. The van der Waals surface area contributed by atoms with Crippen LogP contribution in [0.25, 0.3) is 11.0 Å². The second-order valence-corrected chi connectivity index (χ2v) is 10.7. The summed E-state index contributed by atoms with van der Waals surface area (Å²) in [6, 6.07) is 8.19. The summed E-state index contributed by atoms with van der Waals surface area (Å²) in [6.07, 6.45) is 3.93. The highest BCUT2D eigenvalue weighted by atomic mass is 19.3. The molecule has 2 bridgehead atoms. The standard InChI is InChI=1S/C30H28F2N4O3/c1-34-24-15-23(26-20(29(34)38)5-2-6-25(26)39-30(31)32)36-22-14-17(9-12-21(22)33-27(24)36)7-8-18-4-3-13-35(16-18)28(37)19-10-11-19/h2,5-6,9,12,14,18-19,23-24,30H,3-4,10-11,13,15-16H2,1H3/t18?,23-,24-/m1/s1/i1D3. The summed E-state index contributed by atoms with van der Waals surface area (Å²) in [5, 5.41) is 0. The van der Waals surface area contributed by atoms with Crippen LogP contribution in [0.15, 0.2) is 36.4 Å². The molecule has 7 nitrogen and oxygen atoms in total. The summed E-state index contributed by atoms with van der Waals surface area (Å²) in [4.78, 5) is 33.6. The first-order valence-corrected chi connectivity index (χ1v) is 13.3. The number of likely N-dealkylation sites (tertiary alicyclic amines) is 1. The van der Waals surface area contributed by atoms with Gasteiger partial charge in [0.2, 0.25) is 5.91 Å². The van der Waals surface area contributed by atoms with Gasteiger partial charge in [0.1, 0.15) is 11.6 Å². The number of hydrogen-bond donors (Lipinski definition) is 0. The molecule has 0 radical (unpaired) electrons.